The van der Waals surface area contributed by atoms with Crippen LogP contribution in [0.25, 0.3) is 0 Å². The standard InChI is InChI=1S/C14H19BrN2O4S/c1-21-13(18)14(9-12-7-10(15)4-6-16-12)5-3-11(8-14)17-22(2,19)20/h4,6-7,11,17H,3,5,8-9H2,1-2H3/t11-,14-/m0/s1. The minimum Gasteiger partial charge on any atom is -0.469 e. The highest BCUT2D eigenvalue weighted by atomic mass is 79.9. The third kappa shape index (κ3) is 4.27. The van der Waals surface area contributed by atoms with E-state index in [1.165, 1.54) is 7.11 Å². The van der Waals surface area contributed by atoms with Gasteiger partial charge in [-0.05, 0) is 31.4 Å². The molecule has 1 N–H and O–H groups in total. The number of sulfonamides is 1. The molecule has 0 spiro atoms. The van der Waals surface area contributed by atoms with Gasteiger partial charge in [-0.1, -0.05) is 15.9 Å². The summed E-state index contributed by atoms with van der Waals surface area (Å²) in [7, 11) is -1.94. The van der Waals surface area contributed by atoms with E-state index in [0.29, 0.717) is 25.7 Å². The van der Waals surface area contributed by atoms with E-state index in [9.17, 15) is 13.2 Å². The van der Waals surface area contributed by atoms with E-state index in [4.69, 9.17) is 4.74 Å². The number of esters is 1. The number of hydrogen-bond donors (Lipinski definition) is 1. The van der Waals surface area contributed by atoms with Gasteiger partial charge in [0.15, 0.2) is 0 Å². The van der Waals surface area contributed by atoms with Crippen molar-refractivity contribution in [3.8, 4) is 0 Å². The zero-order chi connectivity index (χ0) is 16.4. The Hall–Kier alpha value is -0.990. The minimum atomic E-state index is -3.29. The van der Waals surface area contributed by atoms with Gasteiger partial charge in [0.25, 0.3) is 0 Å². The molecule has 1 aliphatic rings. The second-order valence-corrected chi connectivity index (χ2v) is 8.44. The van der Waals surface area contributed by atoms with Crippen LogP contribution in [0.4, 0.5) is 0 Å². The van der Waals surface area contributed by atoms with Gasteiger partial charge >= 0.3 is 5.97 Å². The smallest absolute Gasteiger partial charge is 0.312 e. The monoisotopic (exact) mass is 390 g/mol. The van der Waals surface area contributed by atoms with Crippen LogP contribution in [-0.4, -0.2) is 38.8 Å². The molecule has 22 heavy (non-hydrogen) atoms. The lowest BCUT2D eigenvalue weighted by atomic mass is 9.81. The van der Waals surface area contributed by atoms with Gasteiger partial charge in [0.2, 0.25) is 10.0 Å². The molecule has 2 atom stereocenters. The second kappa shape index (κ2) is 6.64. The van der Waals surface area contributed by atoms with Crippen LogP contribution in [0.15, 0.2) is 22.8 Å². The van der Waals surface area contributed by atoms with Gasteiger partial charge in [0, 0.05) is 28.8 Å². The molecule has 8 heteroatoms. The first-order chi connectivity index (χ1) is 10.2. The average Bonchev–Trinajstić information content (AvgIpc) is 2.79. The van der Waals surface area contributed by atoms with Gasteiger partial charge in [0.1, 0.15) is 0 Å². The molecule has 0 saturated heterocycles. The van der Waals surface area contributed by atoms with Crippen LogP contribution in [0.1, 0.15) is 25.0 Å². The van der Waals surface area contributed by atoms with Crippen molar-refractivity contribution >= 4 is 31.9 Å². The molecule has 1 aliphatic carbocycles. The Bertz CT molecular complexity index is 665. The summed E-state index contributed by atoms with van der Waals surface area (Å²) in [4.78, 5) is 16.6. The van der Waals surface area contributed by atoms with E-state index >= 15 is 0 Å². The van der Waals surface area contributed by atoms with Crippen LogP contribution in [-0.2, 0) is 26.0 Å². The molecule has 1 aromatic rings. The van der Waals surface area contributed by atoms with Crippen molar-refractivity contribution in [3.63, 3.8) is 0 Å². The maximum Gasteiger partial charge on any atom is 0.312 e. The number of hydrogen-bond acceptors (Lipinski definition) is 5. The first kappa shape index (κ1) is 17.4. The Kier molecular flexibility index (Phi) is 5.24. The van der Waals surface area contributed by atoms with Gasteiger partial charge in [0.05, 0.1) is 18.8 Å². The first-order valence-electron chi connectivity index (χ1n) is 6.90. The van der Waals surface area contributed by atoms with E-state index < -0.39 is 15.4 Å². The molecule has 1 heterocycles. The molecule has 0 radical (unpaired) electrons. The lowest BCUT2D eigenvalue weighted by molar-refractivity contribution is -0.152. The van der Waals surface area contributed by atoms with Gasteiger partial charge in [-0.25, -0.2) is 13.1 Å². The van der Waals surface area contributed by atoms with Crippen LogP contribution < -0.4 is 4.72 Å². The zero-order valence-corrected chi connectivity index (χ0v) is 14.9. The molecule has 0 amide bonds. The Balaban J connectivity index is 2.22. The Morgan fingerprint density at radius 2 is 2.32 bits per heavy atom. The fraction of sp³-hybridized carbons (Fsp3) is 0.571. The number of ether oxygens (including phenoxy) is 1. The number of nitrogens with zero attached hydrogens (tertiary/aromatic N) is 1. The van der Waals surface area contributed by atoms with Gasteiger partial charge in [-0.3, -0.25) is 9.78 Å². The lowest BCUT2D eigenvalue weighted by Gasteiger charge is -2.26. The van der Waals surface area contributed by atoms with E-state index in [0.717, 1.165) is 16.4 Å². The quantitative estimate of drug-likeness (QED) is 0.772. The molecule has 6 nitrogen and oxygen atoms in total. The summed E-state index contributed by atoms with van der Waals surface area (Å²) in [5.41, 5.74) is 0.0463. The van der Waals surface area contributed by atoms with Crippen molar-refractivity contribution in [2.75, 3.05) is 13.4 Å². The third-order valence-electron chi connectivity index (χ3n) is 3.91. The van der Waals surface area contributed by atoms with Crippen LogP contribution in [0.5, 0.6) is 0 Å². The lowest BCUT2D eigenvalue weighted by Crippen LogP contribution is -2.37. The summed E-state index contributed by atoms with van der Waals surface area (Å²) in [6.07, 6.45) is 4.83. The maximum absolute atomic E-state index is 12.3. The zero-order valence-electron chi connectivity index (χ0n) is 12.5. The molecule has 2 rings (SSSR count). The largest absolute Gasteiger partial charge is 0.469 e. The number of rotatable bonds is 5. The topological polar surface area (TPSA) is 85.4 Å². The summed E-state index contributed by atoms with van der Waals surface area (Å²) in [5.74, 6) is -0.313. The molecule has 0 aliphatic heterocycles. The second-order valence-electron chi connectivity index (χ2n) is 5.74. The maximum atomic E-state index is 12.3. The number of nitrogens with one attached hydrogen (secondary N) is 1. The summed E-state index contributed by atoms with van der Waals surface area (Å²) >= 11 is 3.39. The molecule has 0 aromatic carbocycles. The van der Waals surface area contributed by atoms with Crippen molar-refractivity contribution in [3.05, 3.63) is 28.5 Å². The summed E-state index contributed by atoms with van der Waals surface area (Å²) in [5, 5.41) is 0. The van der Waals surface area contributed by atoms with Crippen molar-refractivity contribution in [2.45, 2.75) is 31.7 Å². The summed E-state index contributed by atoms with van der Waals surface area (Å²) in [6, 6.07) is 3.43. The van der Waals surface area contributed by atoms with Crippen molar-refractivity contribution in [1.82, 2.24) is 9.71 Å². The van der Waals surface area contributed by atoms with Crippen LogP contribution in [0.2, 0.25) is 0 Å². The number of halogens is 1. The highest BCUT2D eigenvalue weighted by Gasteiger charge is 2.47. The molecule has 1 aromatic heterocycles. The summed E-state index contributed by atoms with van der Waals surface area (Å²) in [6.45, 7) is 0. The highest BCUT2D eigenvalue weighted by Crippen LogP contribution is 2.42. The van der Waals surface area contributed by atoms with E-state index in [-0.39, 0.29) is 12.0 Å². The molecular formula is C14H19BrN2O4S. The molecule has 0 bridgehead atoms. The Labute approximate surface area is 138 Å². The summed E-state index contributed by atoms with van der Waals surface area (Å²) < 4.78 is 31.2. The van der Waals surface area contributed by atoms with Crippen molar-refractivity contribution in [2.24, 2.45) is 5.41 Å². The number of carbonyl (C=O) groups is 1. The molecule has 1 fully saturated rings. The Morgan fingerprint density at radius 3 is 2.91 bits per heavy atom. The highest BCUT2D eigenvalue weighted by molar-refractivity contribution is 9.10. The number of carbonyl (C=O) groups excluding carboxylic acids is 1. The SMILES string of the molecule is COC(=O)[C@@]1(Cc2cc(Br)ccn2)CC[C@H](NS(C)(=O)=O)C1. The van der Waals surface area contributed by atoms with Gasteiger partial charge in [-0.2, -0.15) is 0 Å². The van der Waals surface area contributed by atoms with Crippen LogP contribution >= 0.6 is 15.9 Å². The first-order valence-corrected chi connectivity index (χ1v) is 9.59. The van der Waals surface area contributed by atoms with E-state index in [1.807, 2.05) is 12.1 Å². The normalized spacial score (nSPS) is 25.1. The predicted molar refractivity (Wildman–Crippen MR) is 85.7 cm³/mol. The minimum absolute atomic E-state index is 0.249. The van der Waals surface area contributed by atoms with Crippen LogP contribution in [0.3, 0.4) is 0 Å². The molecule has 0 unspecified atom stereocenters. The fourth-order valence-electron chi connectivity index (χ4n) is 3.06. The predicted octanol–water partition coefficient (Wildman–Crippen LogP) is 1.65. The number of methoxy groups -OCH3 is 1. The number of aromatic nitrogens is 1. The van der Waals surface area contributed by atoms with E-state index in [1.54, 1.807) is 6.20 Å². The Morgan fingerprint density at radius 1 is 1.59 bits per heavy atom. The third-order valence-corrected chi connectivity index (χ3v) is 5.16. The molecular weight excluding hydrogens is 372 g/mol. The molecule has 1 saturated carbocycles. The van der Waals surface area contributed by atoms with Gasteiger partial charge < -0.3 is 4.74 Å². The average molecular weight is 391 g/mol. The van der Waals surface area contributed by atoms with Crippen molar-refractivity contribution < 1.29 is 17.9 Å². The van der Waals surface area contributed by atoms with E-state index in [2.05, 4.69) is 25.6 Å². The number of pyridine rings is 1. The van der Waals surface area contributed by atoms with Crippen LogP contribution in [0, 0.1) is 5.41 Å². The van der Waals surface area contributed by atoms with Crippen molar-refractivity contribution in [1.29, 1.82) is 0 Å². The fourth-order valence-corrected chi connectivity index (χ4v) is 4.25. The molecule has 122 valence electrons. The van der Waals surface area contributed by atoms with Gasteiger partial charge in [-0.15, -0.1) is 0 Å².